The van der Waals surface area contributed by atoms with E-state index in [0.29, 0.717) is 47.7 Å². The number of benzene rings is 3. The van der Waals surface area contributed by atoms with Gasteiger partial charge in [-0.25, -0.2) is 13.6 Å². The molecule has 2 amide bonds. The van der Waals surface area contributed by atoms with Crippen molar-refractivity contribution >= 4 is 34.7 Å². The number of carbonyl (C=O) groups is 2. The first-order valence-electron chi connectivity index (χ1n) is 15.4. The zero-order valence-electron chi connectivity index (χ0n) is 25.2. The molecule has 2 N–H and O–H groups in total. The Kier molecular flexibility index (Phi) is 9.06. The number of para-hydroxylation sites is 2. The lowest BCUT2D eigenvalue weighted by Gasteiger charge is -2.37. The quantitative estimate of drug-likeness (QED) is 0.288. The van der Waals surface area contributed by atoms with Gasteiger partial charge in [0.05, 0.1) is 18.0 Å². The van der Waals surface area contributed by atoms with Crippen molar-refractivity contribution in [3.05, 3.63) is 131 Å². The highest BCUT2D eigenvalue weighted by molar-refractivity contribution is 6.15. The summed E-state index contributed by atoms with van der Waals surface area (Å²) in [5.41, 5.74) is 2.79. The first-order chi connectivity index (χ1) is 22.3. The molecule has 0 saturated carbocycles. The van der Waals surface area contributed by atoms with Crippen molar-refractivity contribution in [2.24, 2.45) is 0 Å². The average Bonchev–Trinajstić information content (AvgIpc) is 3.41. The van der Waals surface area contributed by atoms with Gasteiger partial charge in [0.1, 0.15) is 5.94 Å². The van der Waals surface area contributed by atoms with Gasteiger partial charge >= 0.3 is 0 Å². The average molecular weight is 621 g/mol. The van der Waals surface area contributed by atoms with E-state index < -0.39 is 30.7 Å². The molecular formula is C37H34F2N4O3. The summed E-state index contributed by atoms with van der Waals surface area (Å²) in [5.74, 6) is -1.87. The summed E-state index contributed by atoms with van der Waals surface area (Å²) < 4.78 is 31.2. The van der Waals surface area contributed by atoms with E-state index in [9.17, 15) is 14.4 Å². The second kappa shape index (κ2) is 13.5. The van der Waals surface area contributed by atoms with Crippen molar-refractivity contribution in [1.82, 2.24) is 10.2 Å². The number of rotatable bonds is 5. The van der Waals surface area contributed by atoms with Crippen LogP contribution in [0.25, 0.3) is 5.57 Å². The SMILES string of the molecule is O=C=C1C(c2ccccc2)=C(C(=O)Nc2ccccc2)C=CC1N1C(=CC(=O)N2CCCNCC2)CC(F)(F)Cc2ccccc21. The molecule has 234 valence electrons. The van der Waals surface area contributed by atoms with Gasteiger partial charge in [0.2, 0.25) is 5.91 Å². The number of nitrogens with zero attached hydrogens (tertiary/aromatic N) is 2. The molecule has 0 spiro atoms. The second-order valence-electron chi connectivity index (χ2n) is 11.6. The molecule has 9 heteroatoms. The van der Waals surface area contributed by atoms with Crippen LogP contribution in [0.15, 0.2) is 120 Å². The Balaban J connectivity index is 1.49. The van der Waals surface area contributed by atoms with Crippen molar-refractivity contribution in [1.29, 1.82) is 0 Å². The highest BCUT2D eigenvalue weighted by atomic mass is 19.3. The van der Waals surface area contributed by atoms with E-state index in [4.69, 9.17) is 0 Å². The highest BCUT2D eigenvalue weighted by Crippen LogP contribution is 2.44. The van der Waals surface area contributed by atoms with E-state index in [1.807, 2.05) is 12.1 Å². The summed E-state index contributed by atoms with van der Waals surface area (Å²) in [7, 11) is 0. The van der Waals surface area contributed by atoms with Crippen LogP contribution in [0.2, 0.25) is 0 Å². The number of halogens is 2. The molecule has 2 heterocycles. The number of nitrogens with one attached hydrogen (secondary N) is 2. The Bertz CT molecular complexity index is 1750. The first kappa shape index (κ1) is 30.9. The van der Waals surface area contributed by atoms with Gasteiger partial charge in [-0.05, 0) is 42.3 Å². The van der Waals surface area contributed by atoms with Crippen LogP contribution < -0.4 is 15.5 Å². The minimum absolute atomic E-state index is 0.0872. The smallest absolute Gasteiger partial charge is 0.257 e. The third-order valence-electron chi connectivity index (χ3n) is 8.40. The predicted molar refractivity (Wildman–Crippen MR) is 175 cm³/mol. The molecular weight excluding hydrogens is 586 g/mol. The largest absolute Gasteiger partial charge is 0.338 e. The van der Waals surface area contributed by atoms with Gasteiger partial charge in [0.15, 0.2) is 0 Å². The van der Waals surface area contributed by atoms with E-state index >= 15 is 8.78 Å². The molecule has 1 atom stereocenters. The van der Waals surface area contributed by atoms with Crippen molar-refractivity contribution in [3.63, 3.8) is 0 Å². The van der Waals surface area contributed by atoms with Gasteiger partial charge in [-0.2, -0.15) is 0 Å². The summed E-state index contributed by atoms with van der Waals surface area (Å²) in [6.45, 7) is 2.35. The number of anilines is 2. The number of allylic oxidation sites excluding steroid dienone is 1. The maximum absolute atomic E-state index is 15.6. The van der Waals surface area contributed by atoms with Gasteiger partial charge in [-0.3, -0.25) is 9.59 Å². The van der Waals surface area contributed by atoms with Crippen LogP contribution >= 0.6 is 0 Å². The lowest BCUT2D eigenvalue weighted by molar-refractivity contribution is -0.125. The maximum atomic E-state index is 15.6. The maximum Gasteiger partial charge on any atom is 0.257 e. The molecule has 0 bridgehead atoms. The number of carbonyl (C=O) groups excluding carboxylic acids is 3. The number of hydrogen-bond donors (Lipinski definition) is 2. The number of alkyl halides is 2. The Morgan fingerprint density at radius 3 is 2.39 bits per heavy atom. The zero-order valence-corrected chi connectivity index (χ0v) is 25.2. The Morgan fingerprint density at radius 1 is 0.913 bits per heavy atom. The van der Waals surface area contributed by atoms with Crippen molar-refractivity contribution < 1.29 is 23.2 Å². The minimum atomic E-state index is -3.15. The van der Waals surface area contributed by atoms with E-state index in [2.05, 4.69) is 16.6 Å². The molecule has 0 radical (unpaired) electrons. The monoisotopic (exact) mass is 620 g/mol. The lowest BCUT2D eigenvalue weighted by atomic mass is 9.83. The topological polar surface area (TPSA) is 81.8 Å². The van der Waals surface area contributed by atoms with Crippen LogP contribution in [-0.2, 0) is 20.8 Å². The van der Waals surface area contributed by atoms with Crippen LogP contribution in [0.4, 0.5) is 20.2 Å². The van der Waals surface area contributed by atoms with Crippen molar-refractivity contribution in [3.8, 4) is 0 Å². The molecule has 3 aromatic carbocycles. The molecule has 6 rings (SSSR count). The standard InChI is InChI=1S/C37H34F2N4O3/c38-37(39)23-27-12-7-8-15-32(27)43(29(24-37)22-34(45)42-20-9-18-40-19-21-42)33-17-16-30(36(46)41-28-13-5-2-6-14-28)35(31(33)25-44)26-10-3-1-4-11-26/h1-8,10-17,22,33,40H,9,18-21,23-24H2,(H,41,46). The fraction of sp³-hybridized carbons (Fsp3) is 0.243. The predicted octanol–water partition coefficient (Wildman–Crippen LogP) is 5.57. The third kappa shape index (κ3) is 6.61. The molecule has 0 aromatic heterocycles. The van der Waals surface area contributed by atoms with Gasteiger partial charge in [0.25, 0.3) is 11.8 Å². The normalized spacial score (nSPS) is 20.4. The lowest BCUT2D eigenvalue weighted by Crippen LogP contribution is -2.40. The molecule has 3 aromatic rings. The van der Waals surface area contributed by atoms with Crippen LogP contribution in [0, 0.1) is 0 Å². The molecule has 1 aliphatic carbocycles. The fourth-order valence-corrected chi connectivity index (χ4v) is 6.30. The summed E-state index contributed by atoms with van der Waals surface area (Å²) in [6, 6.07) is 23.8. The summed E-state index contributed by atoms with van der Waals surface area (Å²) in [4.78, 5) is 43.7. The van der Waals surface area contributed by atoms with E-state index in [1.165, 1.54) is 6.08 Å². The first-order valence-corrected chi connectivity index (χ1v) is 15.4. The van der Waals surface area contributed by atoms with Gasteiger partial charge in [-0.1, -0.05) is 78.9 Å². The molecule has 1 fully saturated rings. The van der Waals surface area contributed by atoms with E-state index in [0.717, 1.165) is 13.0 Å². The zero-order chi connectivity index (χ0) is 32.1. The van der Waals surface area contributed by atoms with Crippen LogP contribution in [0.1, 0.15) is 24.0 Å². The summed E-state index contributed by atoms with van der Waals surface area (Å²) in [6.07, 6.45) is 4.09. The van der Waals surface area contributed by atoms with Crippen molar-refractivity contribution in [2.75, 3.05) is 36.4 Å². The number of hydrogen-bond acceptors (Lipinski definition) is 5. The molecule has 3 aliphatic rings. The molecule has 1 unspecified atom stereocenters. The fourth-order valence-electron chi connectivity index (χ4n) is 6.30. The minimum Gasteiger partial charge on any atom is -0.338 e. The van der Waals surface area contributed by atoms with E-state index in [1.54, 1.807) is 94.7 Å². The van der Waals surface area contributed by atoms with E-state index in [-0.39, 0.29) is 22.8 Å². The molecule has 46 heavy (non-hydrogen) atoms. The summed E-state index contributed by atoms with van der Waals surface area (Å²) >= 11 is 0. The van der Waals surface area contributed by atoms with Gasteiger partial charge in [0, 0.05) is 60.3 Å². The van der Waals surface area contributed by atoms with Crippen molar-refractivity contribution in [2.45, 2.75) is 31.2 Å². The third-order valence-corrected chi connectivity index (χ3v) is 8.40. The van der Waals surface area contributed by atoms with Gasteiger partial charge in [-0.15, -0.1) is 0 Å². The molecule has 1 saturated heterocycles. The second-order valence-corrected chi connectivity index (χ2v) is 11.6. The van der Waals surface area contributed by atoms with Crippen LogP contribution in [0.3, 0.4) is 0 Å². The Morgan fingerprint density at radius 2 is 1.63 bits per heavy atom. The Labute approximate surface area is 266 Å². The van der Waals surface area contributed by atoms with Crippen LogP contribution in [-0.4, -0.2) is 60.8 Å². The van der Waals surface area contributed by atoms with Gasteiger partial charge < -0.3 is 20.4 Å². The number of fused-ring (bicyclic) bond motifs is 1. The van der Waals surface area contributed by atoms with Crippen LogP contribution in [0.5, 0.6) is 0 Å². The Hall–Kier alpha value is -5.11. The molecule has 2 aliphatic heterocycles. The number of amides is 2. The highest BCUT2D eigenvalue weighted by Gasteiger charge is 2.42. The molecule has 7 nitrogen and oxygen atoms in total. The summed E-state index contributed by atoms with van der Waals surface area (Å²) in [5, 5.41) is 6.15.